The second kappa shape index (κ2) is 7.21. The van der Waals surface area contributed by atoms with Crippen LogP contribution in [0.25, 0.3) is 17.1 Å². The highest BCUT2D eigenvalue weighted by atomic mass is 32.2. The van der Waals surface area contributed by atoms with E-state index < -0.39 is 0 Å². The molecule has 0 aliphatic carbocycles. The van der Waals surface area contributed by atoms with Gasteiger partial charge in [-0.3, -0.25) is 4.57 Å². The zero-order valence-electron chi connectivity index (χ0n) is 14.3. The van der Waals surface area contributed by atoms with Crippen LogP contribution in [-0.2, 0) is 4.74 Å². The molecule has 1 saturated heterocycles. The van der Waals surface area contributed by atoms with Crippen molar-refractivity contribution in [2.24, 2.45) is 0 Å². The van der Waals surface area contributed by atoms with E-state index in [2.05, 4.69) is 46.7 Å². The number of hydrogen-bond donors (Lipinski definition) is 1. The van der Waals surface area contributed by atoms with E-state index in [0.717, 1.165) is 22.2 Å². The number of ether oxygens (including phenoxy) is 1. The van der Waals surface area contributed by atoms with Gasteiger partial charge in [0.15, 0.2) is 11.0 Å². The second-order valence-electron chi connectivity index (χ2n) is 6.06. The third-order valence-corrected chi connectivity index (χ3v) is 5.16. The predicted octanol–water partition coefficient (Wildman–Crippen LogP) is 3.44. The van der Waals surface area contributed by atoms with E-state index in [1.54, 1.807) is 0 Å². The molecule has 1 atom stereocenters. The summed E-state index contributed by atoms with van der Waals surface area (Å²) in [5, 5.41) is 12.2. The Morgan fingerprint density at radius 1 is 1.15 bits per heavy atom. The number of rotatable bonds is 5. The summed E-state index contributed by atoms with van der Waals surface area (Å²) in [4.78, 5) is 11.2. The van der Waals surface area contributed by atoms with Gasteiger partial charge < -0.3 is 10.1 Å². The molecule has 132 valence electrons. The van der Waals surface area contributed by atoms with E-state index in [9.17, 15) is 4.79 Å². The van der Waals surface area contributed by atoms with E-state index in [-0.39, 0.29) is 12.2 Å². The molecule has 1 amide bonds. The zero-order valence-corrected chi connectivity index (χ0v) is 15.1. The Morgan fingerprint density at radius 2 is 1.92 bits per heavy atom. The number of aryl methyl sites for hydroxylation is 1. The Labute approximate surface area is 155 Å². The SMILES string of the molecule is Cc1ccc(-n2c(SC[C@@H]3CNC(=O)O3)nnc2-c2ccccc2)cc1. The number of aromatic nitrogens is 3. The lowest BCUT2D eigenvalue weighted by molar-refractivity contribution is 0.150. The minimum Gasteiger partial charge on any atom is -0.443 e. The van der Waals surface area contributed by atoms with Crippen molar-refractivity contribution in [1.29, 1.82) is 0 Å². The standard InChI is InChI=1S/C19H18N4O2S/c1-13-7-9-15(10-8-13)23-17(14-5-3-2-4-6-14)21-22-18(23)26-12-16-11-20-19(24)25-16/h2-10,16H,11-12H2,1H3,(H,20,24)/t16-/m0/s1. The monoisotopic (exact) mass is 366 g/mol. The van der Waals surface area contributed by atoms with E-state index >= 15 is 0 Å². The van der Waals surface area contributed by atoms with Crippen LogP contribution >= 0.6 is 11.8 Å². The van der Waals surface area contributed by atoms with Crippen LogP contribution in [0.3, 0.4) is 0 Å². The molecule has 2 aromatic carbocycles. The van der Waals surface area contributed by atoms with Crippen LogP contribution in [-0.4, -0.2) is 39.3 Å². The van der Waals surface area contributed by atoms with Gasteiger partial charge in [-0.1, -0.05) is 59.8 Å². The summed E-state index contributed by atoms with van der Waals surface area (Å²) in [6, 6.07) is 18.3. The van der Waals surface area contributed by atoms with Crippen molar-refractivity contribution in [2.45, 2.75) is 18.2 Å². The first-order chi connectivity index (χ1) is 12.7. The van der Waals surface area contributed by atoms with Crippen LogP contribution in [0.4, 0.5) is 4.79 Å². The minimum absolute atomic E-state index is 0.157. The highest BCUT2D eigenvalue weighted by molar-refractivity contribution is 7.99. The first kappa shape index (κ1) is 16.7. The van der Waals surface area contributed by atoms with E-state index in [1.807, 2.05) is 34.9 Å². The average molecular weight is 366 g/mol. The predicted molar refractivity (Wildman–Crippen MR) is 101 cm³/mol. The minimum atomic E-state index is -0.361. The van der Waals surface area contributed by atoms with Crippen molar-refractivity contribution in [1.82, 2.24) is 20.1 Å². The van der Waals surface area contributed by atoms with Crippen LogP contribution in [0.2, 0.25) is 0 Å². The van der Waals surface area contributed by atoms with Gasteiger partial charge in [0.25, 0.3) is 0 Å². The van der Waals surface area contributed by atoms with Crippen molar-refractivity contribution >= 4 is 17.9 Å². The number of hydrogen-bond acceptors (Lipinski definition) is 5. The fourth-order valence-electron chi connectivity index (χ4n) is 2.76. The number of thioether (sulfide) groups is 1. The van der Waals surface area contributed by atoms with Gasteiger partial charge in [-0.25, -0.2) is 4.79 Å². The van der Waals surface area contributed by atoms with Gasteiger partial charge in [-0.2, -0.15) is 0 Å². The fraction of sp³-hybridized carbons (Fsp3) is 0.211. The number of nitrogens with one attached hydrogen (secondary N) is 1. The van der Waals surface area contributed by atoms with E-state index in [1.165, 1.54) is 17.3 Å². The Kier molecular flexibility index (Phi) is 4.62. The normalized spacial score (nSPS) is 16.3. The molecule has 0 radical (unpaired) electrons. The fourth-order valence-corrected chi connectivity index (χ4v) is 3.70. The third-order valence-electron chi connectivity index (χ3n) is 4.10. The molecule has 0 unspecified atom stereocenters. The Hall–Kier alpha value is -2.80. The molecule has 2 heterocycles. The Morgan fingerprint density at radius 3 is 2.62 bits per heavy atom. The molecule has 6 nitrogen and oxygen atoms in total. The largest absolute Gasteiger partial charge is 0.443 e. The molecule has 26 heavy (non-hydrogen) atoms. The van der Waals surface area contributed by atoms with Crippen LogP contribution in [0.5, 0.6) is 0 Å². The maximum absolute atomic E-state index is 11.2. The summed E-state index contributed by atoms with van der Waals surface area (Å²) >= 11 is 1.53. The van der Waals surface area contributed by atoms with Crippen molar-refractivity contribution in [3.05, 3.63) is 60.2 Å². The maximum atomic E-state index is 11.2. The van der Waals surface area contributed by atoms with Gasteiger partial charge in [0.1, 0.15) is 6.10 Å². The number of cyclic esters (lactones) is 1. The molecule has 1 N–H and O–H groups in total. The lowest BCUT2D eigenvalue weighted by Gasteiger charge is -2.12. The van der Waals surface area contributed by atoms with Gasteiger partial charge in [0.2, 0.25) is 0 Å². The third kappa shape index (κ3) is 3.43. The number of nitrogens with zero attached hydrogens (tertiary/aromatic N) is 3. The van der Waals surface area contributed by atoms with Crippen LogP contribution < -0.4 is 5.32 Å². The summed E-state index contributed by atoms with van der Waals surface area (Å²) in [5.41, 5.74) is 3.20. The molecule has 1 fully saturated rings. The molecular formula is C19H18N4O2S. The molecule has 0 spiro atoms. The summed E-state index contributed by atoms with van der Waals surface area (Å²) in [6.45, 7) is 2.58. The summed E-state index contributed by atoms with van der Waals surface area (Å²) in [7, 11) is 0. The van der Waals surface area contributed by atoms with Crippen molar-refractivity contribution in [3.8, 4) is 17.1 Å². The van der Waals surface area contributed by atoms with E-state index in [0.29, 0.717) is 12.3 Å². The summed E-state index contributed by atoms with van der Waals surface area (Å²) in [6.07, 6.45) is -0.517. The molecule has 1 aliphatic rings. The first-order valence-corrected chi connectivity index (χ1v) is 9.34. The molecule has 0 bridgehead atoms. The van der Waals surface area contributed by atoms with Crippen LogP contribution in [0.1, 0.15) is 5.56 Å². The molecule has 4 rings (SSSR count). The van der Waals surface area contributed by atoms with Gasteiger partial charge in [0.05, 0.1) is 6.54 Å². The van der Waals surface area contributed by atoms with Crippen molar-refractivity contribution < 1.29 is 9.53 Å². The van der Waals surface area contributed by atoms with E-state index in [4.69, 9.17) is 4.74 Å². The average Bonchev–Trinajstić information content (AvgIpc) is 3.27. The van der Waals surface area contributed by atoms with Gasteiger partial charge in [0, 0.05) is 17.0 Å². The molecular weight excluding hydrogens is 348 g/mol. The smallest absolute Gasteiger partial charge is 0.407 e. The summed E-state index contributed by atoms with van der Waals surface area (Å²) in [5.74, 6) is 1.41. The number of carbonyl (C=O) groups excluding carboxylic acids is 1. The van der Waals surface area contributed by atoms with Crippen LogP contribution in [0.15, 0.2) is 59.8 Å². The van der Waals surface area contributed by atoms with Gasteiger partial charge in [-0.15, -0.1) is 10.2 Å². The molecule has 1 aliphatic heterocycles. The molecule has 1 aromatic heterocycles. The van der Waals surface area contributed by atoms with Gasteiger partial charge in [-0.05, 0) is 19.1 Å². The Balaban J connectivity index is 1.68. The lowest BCUT2D eigenvalue weighted by atomic mass is 10.2. The quantitative estimate of drug-likeness (QED) is 0.701. The molecule has 3 aromatic rings. The number of carbonyl (C=O) groups is 1. The van der Waals surface area contributed by atoms with Crippen LogP contribution in [0, 0.1) is 6.92 Å². The lowest BCUT2D eigenvalue weighted by Crippen LogP contribution is -2.17. The number of benzene rings is 2. The van der Waals surface area contributed by atoms with Crippen molar-refractivity contribution in [2.75, 3.05) is 12.3 Å². The second-order valence-corrected chi connectivity index (χ2v) is 7.05. The van der Waals surface area contributed by atoms with Crippen molar-refractivity contribution in [3.63, 3.8) is 0 Å². The van der Waals surface area contributed by atoms with Gasteiger partial charge >= 0.3 is 6.09 Å². The zero-order chi connectivity index (χ0) is 17.9. The molecule has 7 heteroatoms. The number of alkyl carbamates (subject to hydrolysis) is 1. The topological polar surface area (TPSA) is 69.0 Å². The Bertz CT molecular complexity index is 909. The highest BCUT2D eigenvalue weighted by Gasteiger charge is 2.24. The highest BCUT2D eigenvalue weighted by Crippen LogP contribution is 2.28. The maximum Gasteiger partial charge on any atom is 0.407 e. The summed E-state index contributed by atoms with van der Waals surface area (Å²) < 4.78 is 7.25. The first-order valence-electron chi connectivity index (χ1n) is 8.36. The number of amides is 1. The molecule has 0 saturated carbocycles.